The molecule has 6 heteroatoms. The van der Waals surface area contributed by atoms with E-state index in [0.717, 1.165) is 24.4 Å². The predicted molar refractivity (Wildman–Crippen MR) is 119 cm³/mol. The van der Waals surface area contributed by atoms with E-state index in [-0.39, 0.29) is 24.1 Å². The van der Waals surface area contributed by atoms with Crippen LogP contribution in [0.2, 0.25) is 0 Å². The van der Waals surface area contributed by atoms with E-state index in [1.165, 1.54) is 37.7 Å². The zero-order chi connectivity index (χ0) is 22.0. The van der Waals surface area contributed by atoms with Gasteiger partial charge in [0.2, 0.25) is 11.8 Å². The van der Waals surface area contributed by atoms with Crippen LogP contribution in [0.3, 0.4) is 0 Å². The molecule has 0 bridgehead atoms. The first-order chi connectivity index (χ1) is 14.9. The van der Waals surface area contributed by atoms with Crippen LogP contribution in [-0.2, 0) is 22.6 Å². The quantitative estimate of drug-likeness (QED) is 0.658. The highest BCUT2D eigenvalue weighted by atomic mass is 16.2. The molecule has 1 saturated carbocycles. The molecule has 3 amide bonds. The van der Waals surface area contributed by atoms with Gasteiger partial charge in [-0.3, -0.25) is 19.7 Å². The maximum absolute atomic E-state index is 12.9. The van der Waals surface area contributed by atoms with Gasteiger partial charge < -0.3 is 10.2 Å². The van der Waals surface area contributed by atoms with Crippen molar-refractivity contribution in [1.29, 1.82) is 0 Å². The molecule has 2 fully saturated rings. The Labute approximate surface area is 185 Å². The van der Waals surface area contributed by atoms with Gasteiger partial charge in [-0.1, -0.05) is 38.8 Å². The van der Waals surface area contributed by atoms with Gasteiger partial charge in [-0.05, 0) is 67.7 Å². The first-order valence-corrected chi connectivity index (χ1v) is 11.9. The summed E-state index contributed by atoms with van der Waals surface area (Å²) in [5.41, 5.74) is 2.98. The lowest BCUT2D eigenvalue weighted by atomic mass is 9.80. The molecule has 31 heavy (non-hydrogen) atoms. The van der Waals surface area contributed by atoms with Crippen LogP contribution in [0.4, 0.5) is 0 Å². The molecule has 3 atom stereocenters. The Kier molecular flexibility index (Phi) is 6.75. The summed E-state index contributed by atoms with van der Waals surface area (Å²) in [5.74, 6) is 0.646. The number of rotatable bonds is 7. The number of amides is 3. The molecule has 1 aromatic rings. The first-order valence-electron chi connectivity index (χ1n) is 11.9. The average molecular weight is 426 g/mol. The summed E-state index contributed by atoms with van der Waals surface area (Å²) in [6, 6.07) is 6.21. The highest BCUT2D eigenvalue weighted by Crippen LogP contribution is 2.31. The molecule has 3 aliphatic rings. The molecule has 0 spiro atoms. The van der Waals surface area contributed by atoms with Crippen molar-refractivity contribution in [2.75, 3.05) is 6.54 Å². The van der Waals surface area contributed by atoms with Gasteiger partial charge in [-0.15, -0.1) is 0 Å². The fourth-order valence-electron chi connectivity index (χ4n) is 5.34. The Morgan fingerprint density at radius 3 is 2.71 bits per heavy atom. The van der Waals surface area contributed by atoms with Crippen LogP contribution in [0.25, 0.3) is 0 Å². The van der Waals surface area contributed by atoms with Crippen LogP contribution in [0.15, 0.2) is 18.2 Å². The van der Waals surface area contributed by atoms with Crippen molar-refractivity contribution in [2.45, 2.75) is 83.8 Å². The third kappa shape index (κ3) is 5.00. The average Bonchev–Trinajstić information content (AvgIpc) is 3.05. The van der Waals surface area contributed by atoms with Crippen molar-refractivity contribution in [3.05, 3.63) is 34.9 Å². The Hall–Kier alpha value is -2.21. The second-order valence-electron chi connectivity index (χ2n) is 9.88. The summed E-state index contributed by atoms with van der Waals surface area (Å²) in [5, 5.41) is 6.18. The lowest BCUT2D eigenvalue weighted by molar-refractivity contribution is -0.136. The summed E-state index contributed by atoms with van der Waals surface area (Å²) < 4.78 is 0. The first kappa shape index (κ1) is 22.0. The van der Waals surface area contributed by atoms with E-state index in [9.17, 15) is 14.4 Å². The molecule has 4 rings (SSSR count). The lowest BCUT2D eigenvalue weighted by Crippen LogP contribution is -2.52. The molecule has 0 aromatic heterocycles. The number of fused-ring (bicyclic) bond motifs is 1. The van der Waals surface area contributed by atoms with Gasteiger partial charge in [0.05, 0.1) is 0 Å². The number of carbonyl (C=O) groups is 3. The second kappa shape index (κ2) is 9.51. The second-order valence-corrected chi connectivity index (χ2v) is 9.88. The lowest BCUT2D eigenvalue weighted by Gasteiger charge is -2.33. The zero-order valence-electron chi connectivity index (χ0n) is 18.8. The monoisotopic (exact) mass is 425 g/mol. The standard InChI is InChI=1S/C25H35N3O3/c1-16(2)11-12-26-21-6-4-3-5-18(21)13-17-7-8-20-19(14-17)15-28(25(20)31)22-9-10-23(29)27-24(22)30/h7-8,14,16,18,21-22,26H,3-6,9-13,15H2,1-2H3,(H,27,29,30)/t18-,21+,22?/m1/s1. The number of piperidine rings is 1. The summed E-state index contributed by atoms with van der Waals surface area (Å²) in [4.78, 5) is 38.2. The molecule has 0 radical (unpaired) electrons. The molecule has 1 unspecified atom stereocenters. The maximum atomic E-state index is 12.9. The number of imide groups is 1. The number of nitrogens with zero attached hydrogens (tertiary/aromatic N) is 1. The van der Waals surface area contributed by atoms with Crippen LogP contribution < -0.4 is 10.6 Å². The maximum Gasteiger partial charge on any atom is 0.255 e. The normalized spacial score (nSPS) is 26.4. The van der Waals surface area contributed by atoms with Gasteiger partial charge in [-0.25, -0.2) is 0 Å². The van der Waals surface area contributed by atoms with E-state index in [1.807, 2.05) is 6.07 Å². The predicted octanol–water partition coefficient (Wildman–Crippen LogP) is 3.18. The molecule has 6 nitrogen and oxygen atoms in total. The molecule has 2 N–H and O–H groups in total. The van der Waals surface area contributed by atoms with Gasteiger partial charge >= 0.3 is 0 Å². The molecule has 1 saturated heterocycles. The summed E-state index contributed by atoms with van der Waals surface area (Å²) >= 11 is 0. The van der Waals surface area contributed by atoms with Crippen molar-refractivity contribution in [1.82, 2.24) is 15.5 Å². The minimum atomic E-state index is -0.547. The zero-order valence-corrected chi connectivity index (χ0v) is 18.8. The molecule has 1 aliphatic carbocycles. The number of nitrogens with one attached hydrogen (secondary N) is 2. The fourth-order valence-corrected chi connectivity index (χ4v) is 5.34. The van der Waals surface area contributed by atoms with Gasteiger partial charge in [-0.2, -0.15) is 0 Å². The highest BCUT2D eigenvalue weighted by Gasteiger charge is 2.39. The van der Waals surface area contributed by atoms with E-state index in [2.05, 4.69) is 36.6 Å². The fraction of sp³-hybridized carbons (Fsp3) is 0.640. The summed E-state index contributed by atoms with van der Waals surface area (Å²) in [6.45, 7) is 6.07. The van der Waals surface area contributed by atoms with Crippen molar-refractivity contribution >= 4 is 17.7 Å². The van der Waals surface area contributed by atoms with Crippen LogP contribution in [0.5, 0.6) is 0 Å². The van der Waals surface area contributed by atoms with Crippen LogP contribution in [0.1, 0.15) is 80.3 Å². The molecule has 2 heterocycles. The summed E-state index contributed by atoms with van der Waals surface area (Å²) in [7, 11) is 0. The van der Waals surface area contributed by atoms with Gasteiger partial charge in [0.15, 0.2) is 0 Å². The number of benzene rings is 1. The highest BCUT2D eigenvalue weighted by molar-refractivity contribution is 6.05. The smallest absolute Gasteiger partial charge is 0.255 e. The minimum Gasteiger partial charge on any atom is -0.322 e. The Bertz CT molecular complexity index is 850. The van der Waals surface area contributed by atoms with Crippen molar-refractivity contribution in [2.24, 2.45) is 11.8 Å². The SMILES string of the molecule is CC(C)CCN[C@H]1CCCC[C@@H]1Cc1ccc2c(c1)CN(C1CCC(=O)NC1=O)C2=O. The number of carbonyl (C=O) groups excluding carboxylic acids is 3. The Morgan fingerprint density at radius 2 is 1.94 bits per heavy atom. The van der Waals surface area contributed by atoms with Crippen LogP contribution >= 0.6 is 0 Å². The largest absolute Gasteiger partial charge is 0.322 e. The minimum absolute atomic E-state index is 0.0954. The van der Waals surface area contributed by atoms with E-state index < -0.39 is 6.04 Å². The third-order valence-corrected chi connectivity index (χ3v) is 7.12. The van der Waals surface area contributed by atoms with E-state index >= 15 is 0 Å². The summed E-state index contributed by atoms with van der Waals surface area (Å²) in [6.07, 6.45) is 8.01. The van der Waals surface area contributed by atoms with E-state index in [1.54, 1.807) is 4.90 Å². The Balaban J connectivity index is 1.42. The van der Waals surface area contributed by atoms with Gasteiger partial charge in [0.1, 0.15) is 6.04 Å². The van der Waals surface area contributed by atoms with Crippen LogP contribution in [0, 0.1) is 11.8 Å². The number of hydrogen-bond donors (Lipinski definition) is 2. The topological polar surface area (TPSA) is 78.5 Å². The molecule has 168 valence electrons. The molecular formula is C25H35N3O3. The van der Waals surface area contributed by atoms with Crippen molar-refractivity contribution < 1.29 is 14.4 Å². The van der Waals surface area contributed by atoms with Crippen molar-refractivity contribution in [3.63, 3.8) is 0 Å². The van der Waals surface area contributed by atoms with Crippen LogP contribution in [-0.4, -0.2) is 41.2 Å². The molecule has 2 aliphatic heterocycles. The van der Waals surface area contributed by atoms with E-state index in [0.29, 0.717) is 30.5 Å². The van der Waals surface area contributed by atoms with Gasteiger partial charge in [0, 0.05) is 24.6 Å². The van der Waals surface area contributed by atoms with E-state index in [4.69, 9.17) is 0 Å². The molecular weight excluding hydrogens is 390 g/mol. The molecule has 1 aromatic carbocycles. The number of hydrogen-bond acceptors (Lipinski definition) is 4. The third-order valence-electron chi connectivity index (χ3n) is 7.12. The Morgan fingerprint density at radius 1 is 1.13 bits per heavy atom. The van der Waals surface area contributed by atoms with Crippen molar-refractivity contribution in [3.8, 4) is 0 Å². The van der Waals surface area contributed by atoms with Gasteiger partial charge in [0.25, 0.3) is 5.91 Å².